The molecule has 0 aliphatic heterocycles. The second kappa shape index (κ2) is 7.68. The van der Waals surface area contributed by atoms with Crippen molar-refractivity contribution in [3.05, 3.63) is 29.8 Å². The molecule has 0 N–H and O–H groups in total. The first kappa shape index (κ1) is 16.2. The van der Waals surface area contributed by atoms with E-state index in [0.29, 0.717) is 18.8 Å². The Morgan fingerprint density at radius 1 is 1.16 bits per heavy atom. The molecule has 0 fully saturated rings. The second-order valence-electron chi connectivity index (χ2n) is 5.17. The molecule has 0 saturated heterocycles. The van der Waals surface area contributed by atoms with Gasteiger partial charge in [0.25, 0.3) is 0 Å². The van der Waals surface area contributed by atoms with Crippen LogP contribution in [0.25, 0.3) is 0 Å². The maximum atomic E-state index is 11.8. The van der Waals surface area contributed by atoms with Gasteiger partial charge in [0, 0.05) is 10.5 Å². The van der Waals surface area contributed by atoms with Gasteiger partial charge in [-0.25, -0.2) is 0 Å². The molecular weight excluding hydrogens is 260 g/mol. The molecule has 1 aromatic carbocycles. The molecule has 0 aliphatic rings. The number of ketones is 1. The van der Waals surface area contributed by atoms with E-state index in [4.69, 9.17) is 9.47 Å². The summed E-state index contributed by atoms with van der Waals surface area (Å²) in [4.78, 5) is 13.0. The van der Waals surface area contributed by atoms with Crippen LogP contribution in [0.1, 0.15) is 31.1 Å². The molecule has 0 radical (unpaired) electrons. The molecule has 0 saturated carbocycles. The van der Waals surface area contributed by atoms with Crippen LogP contribution in [0.5, 0.6) is 0 Å². The fraction of sp³-hybridized carbons (Fsp3) is 0.533. The highest BCUT2D eigenvalue weighted by Crippen LogP contribution is 2.15. The first-order valence-electron chi connectivity index (χ1n) is 6.31. The summed E-state index contributed by atoms with van der Waals surface area (Å²) in [5.41, 5.74) is 0.524. The predicted molar refractivity (Wildman–Crippen MR) is 79.1 cm³/mol. The Bertz CT molecular complexity index is 393. The summed E-state index contributed by atoms with van der Waals surface area (Å²) in [7, 11) is 0. The minimum atomic E-state index is -0.166. The molecule has 106 valence electrons. The highest BCUT2D eigenvalue weighted by molar-refractivity contribution is 7.98. The third-order valence-electron chi connectivity index (χ3n) is 2.41. The normalized spacial score (nSPS) is 11.6. The van der Waals surface area contributed by atoms with Crippen molar-refractivity contribution < 1.29 is 14.3 Å². The van der Waals surface area contributed by atoms with Gasteiger partial charge < -0.3 is 9.47 Å². The lowest BCUT2D eigenvalue weighted by atomic mass is 10.1. The maximum Gasteiger partial charge on any atom is 0.188 e. The van der Waals surface area contributed by atoms with Crippen molar-refractivity contribution in [3.63, 3.8) is 0 Å². The summed E-state index contributed by atoms with van der Waals surface area (Å²) in [6.07, 6.45) is 2.01. The van der Waals surface area contributed by atoms with Gasteiger partial charge in [-0.15, -0.1) is 11.8 Å². The van der Waals surface area contributed by atoms with E-state index in [2.05, 4.69) is 0 Å². The average Bonchev–Trinajstić information content (AvgIpc) is 2.37. The molecule has 0 amide bonds. The molecule has 0 spiro atoms. The minimum absolute atomic E-state index is 0.00316. The van der Waals surface area contributed by atoms with Crippen molar-refractivity contribution in [1.29, 1.82) is 0 Å². The molecule has 0 heterocycles. The van der Waals surface area contributed by atoms with Crippen molar-refractivity contribution in [3.8, 4) is 0 Å². The Morgan fingerprint density at radius 3 is 2.32 bits per heavy atom. The third-order valence-corrected chi connectivity index (χ3v) is 3.15. The molecule has 0 aliphatic carbocycles. The zero-order chi connectivity index (χ0) is 14.3. The summed E-state index contributed by atoms with van der Waals surface area (Å²) in [5.74, 6) is 0.00316. The van der Waals surface area contributed by atoms with Gasteiger partial charge >= 0.3 is 0 Å². The maximum absolute atomic E-state index is 11.8. The molecule has 0 bridgehead atoms. The lowest BCUT2D eigenvalue weighted by molar-refractivity contribution is -0.0324. The molecule has 0 aromatic heterocycles. The number of rotatable bonds is 7. The van der Waals surface area contributed by atoms with Gasteiger partial charge in [0.05, 0.1) is 18.8 Å². The fourth-order valence-corrected chi connectivity index (χ4v) is 1.84. The van der Waals surface area contributed by atoms with Gasteiger partial charge in [-0.05, 0) is 39.2 Å². The number of Topliss-reactive ketones (excluding diaryl/α,β-unsaturated/α-hetero) is 1. The van der Waals surface area contributed by atoms with E-state index in [9.17, 15) is 4.79 Å². The van der Waals surface area contributed by atoms with Crippen LogP contribution in [0, 0.1) is 0 Å². The van der Waals surface area contributed by atoms with Crippen LogP contribution in [0.15, 0.2) is 29.2 Å². The third kappa shape index (κ3) is 6.76. The smallest absolute Gasteiger partial charge is 0.188 e. The SMILES string of the molecule is CSc1ccc(C(=O)COCCOC(C)(C)C)cc1. The van der Waals surface area contributed by atoms with Crippen LogP contribution >= 0.6 is 11.8 Å². The standard InChI is InChI=1S/C15H22O3S/c1-15(2,3)18-10-9-17-11-14(16)12-5-7-13(19-4)8-6-12/h5-8H,9-11H2,1-4H3. The first-order valence-corrected chi connectivity index (χ1v) is 7.54. The second-order valence-corrected chi connectivity index (χ2v) is 6.04. The van der Waals surface area contributed by atoms with Crippen LogP contribution in [0.2, 0.25) is 0 Å². The summed E-state index contributed by atoms with van der Waals surface area (Å²) in [5, 5.41) is 0. The van der Waals surface area contributed by atoms with Gasteiger partial charge in [-0.2, -0.15) is 0 Å². The topological polar surface area (TPSA) is 35.5 Å². The molecular formula is C15H22O3S. The van der Waals surface area contributed by atoms with Crippen LogP contribution in [-0.2, 0) is 9.47 Å². The van der Waals surface area contributed by atoms with Crippen LogP contribution in [-0.4, -0.2) is 37.5 Å². The number of carbonyl (C=O) groups is 1. The molecule has 1 rings (SSSR count). The Kier molecular flexibility index (Phi) is 6.55. The molecule has 0 atom stereocenters. The summed E-state index contributed by atoms with van der Waals surface area (Å²) >= 11 is 1.66. The summed E-state index contributed by atoms with van der Waals surface area (Å²) in [6.45, 7) is 7.02. The predicted octanol–water partition coefficient (Wildman–Crippen LogP) is 3.42. The number of carbonyl (C=O) groups excluding carboxylic acids is 1. The Hall–Kier alpha value is -0.840. The highest BCUT2D eigenvalue weighted by atomic mass is 32.2. The van der Waals surface area contributed by atoms with Gasteiger partial charge in [0.2, 0.25) is 0 Å². The largest absolute Gasteiger partial charge is 0.373 e. The lowest BCUT2D eigenvalue weighted by Gasteiger charge is -2.19. The molecule has 0 unspecified atom stereocenters. The monoisotopic (exact) mass is 282 g/mol. The number of thioether (sulfide) groups is 1. The zero-order valence-corrected chi connectivity index (χ0v) is 12.9. The van der Waals surface area contributed by atoms with Crippen molar-refractivity contribution in [1.82, 2.24) is 0 Å². The van der Waals surface area contributed by atoms with Crippen LogP contribution < -0.4 is 0 Å². The van der Waals surface area contributed by atoms with Crippen molar-refractivity contribution in [2.45, 2.75) is 31.3 Å². The molecule has 19 heavy (non-hydrogen) atoms. The van der Waals surface area contributed by atoms with E-state index >= 15 is 0 Å². The van der Waals surface area contributed by atoms with E-state index in [-0.39, 0.29) is 18.0 Å². The zero-order valence-electron chi connectivity index (χ0n) is 12.1. The van der Waals surface area contributed by atoms with E-state index in [0.717, 1.165) is 4.90 Å². The van der Waals surface area contributed by atoms with E-state index in [1.165, 1.54) is 0 Å². The Balaban J connectivity index is 2.27. The first-order chi connectivity index (χ1) is 8.92. The van der Waals surface area contributed by atoms with Gasteiger partial charge in [-0.3, -0.25) is 4.79 Å². The van der Waals surface area contributed by atoms with Gasteiger partial charge in [-0.1, -0.05) is 12.1 Å². The quantitative estimate of drug-likeness (QED) is 0.436. The Morgan fingerprint density at radius 2 is 1.79 bits per heavy atom. The Labute approximate surface area is 119 Å². The average molecular weight is 282 g/mol. The summed E-state index contributed by atoms with van der Waals surface area (Å²) in [6, 6.07) is 7.56. The van der Waals surface area contributed by atoms with Crippen molar-refractivity contribution in [2.75, 3.05) is 26.1 Å². The minimum Gasteiger partial charge on any atom is -0.373 e. The number of hydrogen-bond donors (Lipinski definition) is 0. The van der Waals surface area contributed by atoms with Gasteiger partial charge in [0.1, 0.15) is 6.61 Å². The number of benzene rings is 1. The van der Waals surface area contributed by atoms with Crippen LogP contribution in [0.3, 0.4) is 0 Å². The number of ether oxygens (including phenoxy) is 2. The summed E-state index contributed by atoms with van der Waals surface area (Å²) < 4.78 is 10.8. The molecule has 3 nitrogen and oxygen atoms in total. The lowest BCUT2D eigenvalue weighted by Crippen LogP contribution is -2.22. The van der Waals surface area contributed by atoms with E-state index < -0.39 is 0 Å². The fourth-order valence-electron chi connectivity index (χ4n) is 1.43. The van der Waals surface area contributed by atoms with E-state index in [1.807, 2.05) is 51.3 Å². The van der Waals surface area contributed by atoms with Crippen molar-refractivity contribution >= 4 is 17.5 Å². The van der Waals surface area contributed by atoms with Crippen LogP contribution in [0.4, 0.5) is 0 Å². The number of hydrogen-bond acceptors (Lipinski definition) is 4. The van der Waals surface area contributed by atoms with E-state index in [1.54, 1.807) is 11.8 Å². The molecule has 1 aromatic rings. The van der Waals surface area contributed by atoms with Gasteiger partial charge in [0.15, 0.2) is 5.78 Å². The molecule has 4 heteroatoms. The van der Waals surface area contributed by atoms with Crippen molar-refractivity contribution in [2.24, 2.45) is 0 Å². The highest BCUT2D eigenvalue weighted by Gasteiger charge is 2.10.